The second kappa shape index (κ2) is 8.49. The van der Waals surface area contributed by atoms with Crippen molar-refractivity contribution < 1.29 is 9.53 Å². The number of aryl methyl sites for hydroxylation is 1. The highest BCUT2D eigenvalue weighted by Gasteiger charge is 2.22. The van der Waals surface area contributed by atoms with E-state index in [1.807, 2.05) is 49.4 Å². The number of carbonyl (C=O) groups excluding carboxylic acids is 1. The van der Waals surface area contributed by atoms with Gasteiger partial charge in [0.1, 0.15) is 11.9 Å². The summed E-state index contributed by atoms with van der Waals surface area (Å²) in [5.41, 5.74) is 5.13. The van der Waals surface area contributed by atoms with Gasteiger partial charge in [-0.15, -0.1) is 0 Å². The van der Waals surface area contributed by atoms with Crippen LogP contribution in [0, 0.1) is 6.92 Å². The molecule has 2 N–H and O–H groups in total. The first kappa shape index (κ1) is 19.2. The molecule has 150 valence electrons. The molecule has 6 nitrogen and oxygen atoms in total. The first-order valence-corrected chi connectivity index (χ1v) is 9.92. The summed E-state index contributed by atoms with van der Waals surface area (Å²) in [6, 6.07) is 18.2. The Bertz CT molecular complexity index is 984. The van der Waals surface area contributed by atoms with Gasteiger partial charge in [-0.25, -0.2) is 0 Å². The number of nitrogens with one attached hydrogen (secondary N) is 2. The average molecular weight is 390 g/mol. The molecule has 3 aromatic rings. The standard InChI is InChI=1S/C23H26N4O2/c1-16-8-9-22-19(10-16)14-27(13-17(2)29-22)15-23(28)24-12-20-11-21(26-25-20)18-6-4-3-5-7-18/h3-11,17H,12-15H2,1-2H3,(H,24,28)(H,25,26). The van der Waals surface area contributed by atoms with Crippen LogP contribution in [0.4, 0.5) is 0 Å². The van der Waals surface area contributed by atoms with Gasteiger partial charge in [-0.05, 0) is 26.0 Å². The van der Waals surface area contributed by atoms with Gasteiger partial charge in [0.05, 0.1) is 24.5 Å². The van der Waals surface area contributed by atoms with E-state index < -0.39 is 0 Å². The van der Waals surface area contributed by atoms with E-state index in [2.05, 4.69) is 39.5 Å². The molecule has 2 heterocycles. The number of hydrogen-bond acceptors (Lipinski definition) is 4. The number of amides is 1. The van der Waals surface area contributed by atoms with Crippen LogP contribution >= 0.6 is 0 Å². The van der Waals surface area contributed by atoms with Crippen molar-refractivity contribution in [2.24, 2.45) is 0 Å². The maximum atomic E-state index is 12.5. The van der Waals surface area contributed by atoms with Gasteiger partial charge in [-0.1, -0.05) is 48.0 Å². The van der Waals surface area contributed by atoms with E-state index in [1.54, 1.807) is 0 Å². The molecule has 0 radical (unpaired) electrons. The molecule has 1 atom stereocenters. The van der Waals surface area contributed by atoms with Crippen molar-refractivity contribution in [3.63, 3.8) is 0 Å². The monoisotopic (exact) mass is 390 g/mol. The summed E-state index contributed by atoms with van der Waals surface area (Å²) in [6.07, 6.45) is 0.0350. The highest BCUT2D eigenvalue weighted by molar-refractivity contribution is 5.78. The first-order valence-electron chi connectivity index (χ1n) is 9.92. The lowest BCUT2D eigenvalue weighted by Gasteiger charge is -2.21. The minimum absolute atomic E-state index is 0.0100. The summed E-state index contributed by atoms with van der Waals surface area (Å²) in [5, 5.41) is 10.3. The molecule has 1 aromatic heterocycles. The minimum atomic E-state index is -0.0100. The van der Waals surface area contributed by atoms with Crippen LogP contribution in [0.5, 0.6) is 5.75 Å². The fourth-order valence-corrected chi connectivity index (χ4v) is 3.65. The number of aromatic nitrogens is 2. The van der Waals surface area contributed by atoms with Gasteiger partial charge in [0.25, 0.3) is 0 Å². The van der Waals surface area contributed by atoms with Crippen molar-refractivity contribution in [1.82, 2.24) is 20.4 Å². The van der Waals surface area contributed by atoms with Crippen LogP contribution in [0.3, 0.4) is 0 Å². The van der Waals surface area contributed by atoms with E-state index in [4.69, 9.17) is 4.74 Å². The summed E-state index contributed by atoms with van der Waals surface area (Å²) in [7, 11) is 0. The van der Waals surface area contributed by atoms with Crippen LogP contribution in [0.25, 0.3) is 11.3 Å². The van der Waals surface area contributed by atoms with E-state index in [0.717, 1.165) is 28.3 Å². The summed E-state index contributed by atoms with van der Waals surface area (Å²) in [5.74, 6) is 0.904. The largest absolute Gasteiger partial charge is 0.489 e. The van der Waals surface area contributed by atoms with Gasteiger partial charge >= 0.3 is 0 Å². The van der Waals surface area contributed by atoms with Crippen molar-refractivity contribution in [3.05, 3.63) is 71.4 Å². The molecular weight excluding hydrogens is 364 g/mol. The lowest BCUT2D eigenvalue weighted by Crippen LogP contribution is -2.39. The van der Waals surface area contributed by atoms with E-state index in [1.165, 1.54) is 5.56 Å². The predicted molar refractivity (Wildman–Crippen MR) is 112 cm³/mol. The maximum Gasteiger partial charge on any atom is 0.234 e. The fraction of sp³-hybridized carbons (Fsp3) is 0.304. The molecular formula is C23H26N4O2. The van der Waals surface area contributed by atoms with Crippen LogP contribution in [-0.2, 0) is 17.9 Å². The smallest absolute Gasteiger partial charge is 0.234 e. The van der Waals surface area contributed by atoms with Gasteiger partial charge in [0.15, 0.2) is 0 Å². The van der Waals surface area contributed by atoms with E-state index in [-0.39, 0.29) is 12.0 Å². The third kappa shape index (κ3) is 4.84. The molecule has 0 spiro atoms. The van der Waals surface area contributed by atoms with Gasteiger partial charge in [0, 0.05) is 24.2 Å². The Morgan fingerprint density at radius 2 is 2.07 bits per heavy atom. The fourth-order valence-electron chi connectivity index (χ4n) is 3.65. The van der Waals surface area contributed by atoms with Gasteiger partial charge < -0.3 is 10.1 Å². The molecule has 1 aliphatic heterocycles. The lowest BCUT2D eigenvalue weighted by atomic mass is 10.1. The second-order valence-electron chi connectivity index (χ2n) is 7.63. The Balaban J connectivity index is 1.34. The normalized spacial score (nSPS) is 16.6. The molecule has 1 unspecified atom stereocenters. The highest BCUT2D eigenvalue weighted by Crippen LogP contribution is 2.26. The molecule has 6 heteroatoms. The summed E-state index contributed by atoms with van der Waals surface area (Å²) >= 11 is 0. The molecule has 29 heavy (non-hydrogen) atoms. The van der Waals surface area contributed by atoms with Crippen molar-refractivity contribution >= 4 is 5.91 Å². The molecule has 0 aliphatic carbocycles. The Labute approximate surface area is 170 Å². The average Bonchev–Trinajstić information content (AvgIpc) is 3.12. The molecule has 0 saturated carbocycles. The molecule has 4 rings (SSSR count). The summed E-state index contributed by atoms with van der Waals surface area (Å²) in [4.78, 5) is 14.7. The van der Waals surface area contributed by atoms with E-state index in [0.29, 0.717) is 26.2 Å². The number of nitrogens with zero attached hydrogens (tertiary/aromatic N) is 2. The van der Waals surface area contributed by atoms with Crippen molar-refractivity contribution in [3.8, 4) is 17.0 Å². The number of carbonyl (C=O) groups is 1. The van der Waals surface area contributed by atoms with Crippen molar-refractivity contribution in [1.29, 1.82) is 0 Å². The van der Waals surface area contributed by atoms with Gasteiger partial charge in [0.2, 0.25) is 5.91 Å². The predicted octanol–water partition coefficient (Wildman–Crippen LogP) is 3.28. The number of ether oxygens (including phenoxy) is 1. The van der Waals surface area contributed by atoms with E-state index in [9.17, 15) is 4.79 Å². The molecule has 1 amide bonds. The second-order valence-corrected chi connectivity index (χ2v) is 7.63. The van der Waals surface area contributed by atoms with Crippen molar-refractivity contribution in [2.45, 2.75) is 33.0 Å². The summed E-state index contributed by atoms with van der Waals surface area (Å²) in [6.45, 7) is 6.28. The molecule has 0 bridgehead atoms. The molecule has 0 saturated heterocycles. The Hall–Kier alpha value is -3.12. The molecule has 1 aliphatic rings. The van der Waals surface area contributed by atoms with Crippen LogP contribution in [-0.4, -0.2) is 40.2 Å². The zero-order valence-electron chi connectivity index (χ0n) is 16.8. The van der Waals surface area contributed by atoms with Crippen molar-refractivity contribution in [2.75, 3.05) is 13.1 Å². The van der Waals surface area contributed by atoms with Crippen LogP contribution < -0.4 is 10.1 Å². The number of aromatic amines is 1. The lowest BCUT2D eigenvalue weighted by molar-refractivity contribution is -0.122. The number of rotatable bonds is 5. The molecule has 2 aromatic carbocycles. The Morgan fingerprint density at radius 3 is 2.90 bits per heavy atom. The van der Waals surface area contributed by atoms with Gasteiger partial charge in [-0.3, -0.25) is 14.8 Å². The quantitative estimate of drug-likeness (QED) is 0.701. The summed E-state index contributed by atoms with van der Waals surface area (Å²) < 4.78 is 6.01. The number of fused-ring (bicyclic) bond motifs is 1. The number of benzene rings is 2. The third-order valence-corrected chi connectivity index (χ3v) is 5.00. The zero-order valence-corrected chi connectivity index (χ0v) is 16.8. The Kier molecular flexibility index (Phi) is 5.62. The van der Waals surface area contributed by atoms with Gasteiger partial charge in [-0.2, -0.15) is 5.10 Å². The zero-order chi connectivity index (χ0) is 20.2. The number of hydrogen-bond donors (Lipinski definition) is 2. The number of H-pyrrole nitrogens is 1. The SMILES string of the molecule is Cc1ccc2c(c1)CN(CC(=O)NCc1cc(-c3ccccc3)n[nH]1)CC(C)O2. The van der Waals surface area contributed by atoms with E-state index >= 15 is 0 Å². The van der Waals surface area contributed by atoms with Crippen LogP contribution in [0.15, 0.2) is 54.6 Å². The third-order valence-electron chi connectivity index (χ3n) is 5.00. The first-order chi connectivity index (χ1) is 14.1. The molecule has 0 fully saturated rings. The topological polar surface area (TPSA) is 70.2 Å². The minimum Gasteiger partial charge on any atom is -0.489 e. The van der Waals surface area contributed by atoms with Crippen LogP contribution in [0.1, 0.15) is 23.7 Å². The Morgan fingerprint density at radius 1 is 1.24 bits per heavy atom. The maximum absolute atomic E-state index is 12.5. The highest BCUT2D eigenvalue weighted by atomic mass is 16.5. The van der Waals surface area contributed by atoms with Crippen LogP contribution in [0.2, 0.25) is 0 Å².